The number of nitrogens with two attached hydrogens (primary N) is 1. The molecule has 1 aromatic rings. The van der Waals surface area contributed by atoms with Gasteiger partial charge in [-0.05, 0) is 63.0 Å². The third-order valence-corrected chi connectivity index (χ3v) is 6.58. The Hall–Kier alpha value is -0.940. The summed E-state index contributed by atoms with van der Waals surface area (Å²) in [6, 6.07) is 11.7. The molecular weight excluding hydrogens is 346 g/mol. The molecular formula is C24H41N3O. The molecule has 0 spiro atoms. The highest BCUT2D eigenvalue weighted by Gasteiger charge is 2.30. The summed E-state index contributed by atoms with van der Waals surface area (Å²) in [5.74, 6) is 0.644. The Labute approximate surface area is 172 Å². The van der Waals surface area contributed by atoms with Crippen molar-refractivity contribution in [2.45, 2.75) is 102 Å². The van der Waals surface area contributed by atoms with Gasteiger partial charge in [0, 0.05) is 12.1 Å². The smallest absolute Gasteiger partial charge is 0.0720 e. The Balaban J connectivity index is 1.51. The van der Waals surface area contributed by atoms with Crippen molar-refractivity contribution >= 4 is 0 Å². The average Bonchev–Trinajstić information content (AvgIpc) is 2.73. The molecule has 1 heterocycles. The lowest BCUT2D eigenvalue weighted by Gasteiger charge is -2.38. The van der Waals surface area contributed by atoms with E-state index in [1.54, 1.807) is 0 Å². The molecule has 4 nitrogen and oxygen atoms in total. The predicted octanol–water partition coefficient (Wildman–Crippen LogP) is 4.34. The van der Waals surface area contributed by atoms with Gasteiger partial charge in [0.2, 0.25) is 0 Å². The summed E-state index contributed by atoms with van der Waals surface area (Å²) >= 11 is 0. The molecule has 4 heteroatoms. The fourth-order valence-corrected chi connectivity index (χ4v) is 4.81. The lowest BCUT2D eigenvalue weighted by atomic mass is 9.86. The van der Waals surface area contributed by atoms with Gasteiger partial charge in [-0.3, -0.25) is 5.32 Å². The van der Waals surface area contributed by atoms with Crippen molar-refractivity contribution < 1.29 is 4.74 Å². The van der Waals surface area contributed by atoms with Gasteiger partial charge in [0.15, 0.2) is 0 Å². The molecule has 0 radical (unpaired) electrons. The van der Waals surface area contributed by atoms with Crippen molar-refractivity contribution in [3.8, 4) is 0 Å². The van der Waals surface area contributed by atoms with Crippen LogP contribution in [0.25, 0.3) is 0 Å². The SMILES string of the molecule is CCCCCC(OCc1ccccc1)C1CCNC(NC2CCC(N)CC2)C1. The first kappa shape index (κ1) is 21.8. The van der Waals surface area contributed by atoms with Crippen LogP contribution in [0.4, 0.5) is 0 Å². The Bertz CT molecular complexity index is 530. The zero-order valence-electron chi connectivity index (χ0n) is 17.7. The summed E-state index contributed by atoms with van der Waals surface area (Å²) in [4.78, 5) is 0. The number of rotatable bonds is 10. The van der Waals surface area contributed by atoms with Gasteiger partial charge in [-0.2, -0.15) is 0 Å². The first-order valence-electron chi connectivity index (χ1n) is 11.6. The molecule has 3 rings (SSSR count). The first-order chi connectivity index (χ1) is 13.7. The van der Waals surface area contributed by atoms with Gasteiger partial charge in [-0.25, -0.2) is 0 Å². The molecule has 1 saturated heterocycles. The minimum atomic E-state index is 0.373. The van der Waals surface area contributed by atoms with E-state index in [-0.39, 0.29) is 0 Å². The average molecular weight is 388 g/mol. The third kappa shape index (κ3) is 7.14. The number of benzene rings is 1. The molecule has 3 atom stereocenters. The molecule has 1 aliphatic carbocycles. The standard InChI is InChI=1S/C24H41N3O/c1-2-3-5-10-23(28-18-19-8-6-4-7-9-19)20-15-16-26-24(17-20)27-22-13-11-21(25)12-14-22/h4,6-9,20-24,26-27H,2-3,5,10-18,25H2,1H3. The molecule has 2 fully saturated rings. The van der Waals surface area contributed by atoms with Gasteiger partial charge in [0.25, 0.3) is 0 Å². The van der Waals surface area contributed by atoms with Crippen LogP contribution in [-0.2, 0) is 11.3 Å². The highest BCUT2D eigenvalue weighted by molar-refractivity contribution is 5.13. The molecule has 28 heavy (non-hydrogen) atoms. The van der Waals surface area contributed by atoms with E-state index in [4.69, 9.17) is 10.5 Å². The number of ether oxygens (including phenoxy) is 1. The van der Waals surface area contributed by atoms with Crippen molar-refractivity contribution in [2.24, 2.45) is 11.7 Å². The summed E-state index contributed by atoms with van der Waals surface area (Å²) in [5.41, 5.74) is 7.35. The quantitative estimate of drug-likeness (QED) is 0.523. The van der Waals surface area contributed by atoms with Crippen molar-refractivity contribution in [1.29, 1.82) is 0 Å². The lowest BCUT2D eigenvalue weighted by Crippen LogP contribution is -2.54. The molecule has 158 valence electrons. The minimum Gasteiger partial charge on any atom is -0.373 e. The van der Waals surface area contributed by atoms with Crippen LogP contribution in [0.15, 0.2) is 30.3 Å². The van der Waals surface area contributed by atoms with E-state index in [0.717, 1.165) is 26.0 Å². The van der Waals surface area contributed by atoms with E-state index >= 15 is 0 Å². The van der Waals surface area contributed by atoms with Crippen LogP contribution in [0.1, 0.15) is 76.7 Å². The van der Waals surface area contributed by atoms with E-state index in [2.05, 4.69) is 47.9 Å². The summed E-state index contributed by atoms with van der Waals surface area (Å²) in [6.45, 7) is 4.11. The molecule has 0 amide bonds. The maximum Gasteiger partial charge on any atom is 0.0720 e. The van der Waals surface area contributed by atoms with Gasteiger partial charge < -0.3 is 15.8 Å². The Morgan fingerprint density at radius 2 is 1.89 bits per heavy atom. The molecule has 3 unspecified atom stereocenters. The molecule has 0 aromatic heterocycles. The maximum absolute atomic E-state index is 6.49. The van der Waals surface area contributed by atoms with E-state index in [9.17, 15) is 0 Å². The number of piperidine rings is 1. The van der Waals surface area contributed by atoms with Crippen molar-refractivity contribution in [1.82, 2.24) is 10.6 Å². The van der Waals surface area contributed by atoms with Crippen LogP contribution < -0.4 is 16.4 Å². The number of hydrogen-bond donors (Lipinski definition) is 3. The lowest BCUT2D eigenvalue weighted by molar-refractivity contribution is -0.0217. The number of unbranched alkanes of at least 4 members (excludes halogenated alkanes) is 2. The van der Waals surface area contributed by atoms with Crippen LogP contribution >= 0.6 is 0 Å². The highest BCUT2D eigenvalue weighted by atomic mass is 16.5. The molecule has 1 aliphatic heterocycles. The van der Waals surface area contributed by atoms with Gasteiger partial charge >= 0.3 is 0 Å². The predicted molar refractivity (Wildman–Crippen MR) is 117 cm³/mol. The van der Waals surface area contributed by atoms with Crippen LogP contribution in [0, 0.1) is 5.92 Å². The third-order valence-electron chi connectivity index (χ3n) is 6.58. The zero-order valence-corrected chi connectivity index (χ0v) is 17.7. The Morgan fingerprint density at radius 3 is 2.64 bits per heavy atom. The minimum absolute atomic E-state index is 0.373. The first-order valence-corrected chi connectivity index (χ1v) is 11.6. The Kier molecular flexibility index (Phi) is 9.26. The van der Waals surface area contributed by atoms with Crippen molar-refractivity contribution in [2.75, 3.05) is 6.54 Å². The van der Waals surface area contributed by atoms with Gasteiger partial charge in [0.05, 0.1) is 18.9 Å². The van der Waals surface area contributed by atoms with Gasteiger partial charge in [-0.15, -0.1) is 0 Å². The number of hydrogen-bond acceptors (Lipinski definition) is 4. The van der Waals surface area contributed by atoms with E-state index in [1.165, 1.54) is 56.9 Å². The second-order valence-electron chi connectivity index (χ2n) is 8.90. The van der Waals surface area contributed by atoms with Crippen LogP contribution in [0.3, 0.4) is 0 Å². The highest BCUT2D eigenvalue weighted by Crippen LogP contribution is 2.27. The summed E-state index contributed by atoms with van der Waals surface area (Å²) in [7, 11) is 0. The molecule has 1 aromatic carbocycles. The van der Waals surface area contributed by atoms with Crippen LogP contribution in [0.2, 0.25) is 0 Å². The largest absolute Gasteiger partial charge is 0.373 e. The van der Waals surface area contributed by atoms with E-state index in [1.807, 2.05) is 0 Å². The van der Waals surface area contributed by atoms with E-state index in [0.29, 0.717) is 30.3 Å². The van der Waals surface area contributed by atoms with Gasteiger partial charge in [-0.1, -0.05) is 56.5 Å². The topological polar surface area (TPSA) is 59.3 Å². The van der Waals surface area contributed by atoms with Crippen molar-refractivity contribution in [3.63, 3.8) is 0 Å². The molecule has 0 bridgehead atoms. The molecule has 1 saturated carbocycles. The molecule has 2 aliphatic rings. The second kappa shape index (κ2) is 11.9. The van der Waals surface area contributed by atoms with Crippen molar-refractivity contribution in [3.05, 3.63) is 35.9 Å². The number of nitrogens with one attached hydrogen (secondary N) is 2. The van der Waals surface area contributed by atoms with Crippen LogP contribution in [0.5, 0.6) is 0 Å². The Morgan fingerprint density at radius 1 is 1.11 bits per heavy atom. The summed E-state index contributed by atoms with van der Waals surface area (Å²) < 4.78 is 6.49. The fourth-order valence-electron chi connectivity index (χ4n) is 4.81. The second-order valence-corrected chi connectivity index (χ2v) is 8.90. The summed E-state index contributed by atoms with van der Waals surface area (Å²) in [5, 5.41) is 7.59. The fraction of sp³-hybridized carbons (Fsp3) is 0.750. The maximum atomic E-state index is 6.49. The van der Waals surface area contributed by atoms with Gasteiger partial charge in [0.1, 0.15) is 0 Å². The van der Waals surface area contributed by atoms with Crippen LogP contribution in [-0.4, -0.2) is 30.9 Å². The monoisotopic (exact) mass is 387 g/mol. The summed E-state index contributed by atoms with van der Waals surface area (Å²) in [6.07, 6.45) is 13.0. The zero-order chi connectivity index (χ0) is 19.6. The molecule has 4 N–H and O–H groups in total. The van der Waals surface area contributed by atoms with E-state index < -0.39 is 0 Å². The normalized spacial score (nSPS) is 29.5.